The van der Waals surface area contributed by atoms with Crippen molar-refractivity contribution >= 4 is 5.91 Å². The lowest BCUT2D eigenvalue weighted by Crippen LogP contribution is -2.27. The van der Waals surface area contributed by atoms with Gasteiger partial charge in [0.25, 0.3) is 5.91 Å². The molecule has 0 unspecified atom stereocenters. The summed E-state index contributed by atoms with van der Waals surface area (Å²) in [5.74, 6) is -0.0458. The minimum Gasteiger partial charge on any atom is -0.372 e. The summed E-state index contributed by atoms with van der Waals surface area (Å²) in [7, 11) is 0. The predicted octanol–water partition coefficient (Wildman–Crippen LogP) is 3.14. The number of rotatable bonds is 10. The second kappa shape index (κ2) is 12.6. The Labute approximate surface area is 174 Å². The SMILES string of the molecule is CC.Cc1ccccc1C(=O)NCCn1cc(CCCCCC2=CNCN2)nn1. The van der Waals surface area contributed by atoms with Crippen molar-refractivity contribution in [2.75, 3.05) is 13.2 Å². The van der Waals surface area contributed by atoms with Gasteiger partial charge in [-0.2, -0.15) is 0 Å². The lowest BCUT2D eigenvalue weighted by Gasteiger charge is -2.07. The Kier molecular flexibility index (Phi) is 9.75. The number of nitrogens with one attached hydrogen (secondary N) is 3. The first kappa shape index (κ1) is 22.5. The fraction of sp³-hybridized carbons (Fsp3) is 0.500. The van der Waals surface area contributed by atoms with E-state index in [1.807, 2.05) is 51.2 Å². The zero-order chi connectivity index (χ0) is 20.9. The summed E-state index contributed by atoms with van der Waals surface area (Å²) in [6, 6.07) is 7.59. The number of carbonyl (C=O) groups is 1. The number of benzene rings is 1. The maximum absolute atomic E-state index is 12.2. The average Bonchev–Trinajstić information content (AvgIpc) is 3.42. The molecule has 1 aromatic carbocycles. The van der Waals surface area contributed by atoms with Crippen LogP contribution in [0.15, 0.2) is 42.4 Å². The van der Waals surface area contributed by atoms with Crippen molar-refractivity contribution in [1.29, 1.82) is 0 Å². The molecule has 2 aromatic rings. The molecule has 0 spiro atoms. The van der Waals surface area contributed by atoms with Gasteiger partial charge in [0.2, 0.25) is 0 Å². The number of hydrogen-bond donors (Lipinski definition) is 3. The Bertz CT molecular complexity index is 783. The van der Waals surface area contributed by atoms with Crippen LogP contribution in [0.2, 0.25) is 0 Å². The van der Waals surface area contributed by atoms with Gasteiger partial charge in [0.15, 0.2) is 0 Å². The Morgan fingerprint density at radius 2 is 1.97 bits per heavy atom. The van der Waals surface area contributed by atoms with E-state index < -0.39 is 0 Å². The van der Waals surface area contributed by atoms with Gasteiger partial charge in [-0.25, -0.2) is 0 Å². The van der Waals surface area contributed by atoms with E-state index in [9.17, 15) is 4.79 Å². The molecule has 0 atom stereocenters. The molecule has 3 N–H and O–H groups in total. The molecular weight excluding hydrogens is 364 g/mol. The Morgan fingerprint density at radius 1 is 1.17 bits per heavy atom. The summed E-state index contributed by atoms with van der Waals surface area (Å²) < 4.78 is 1.80. The monoisotopic (exact) mass is 398 g/mol. The number of unbranched alkanes of at least 4 members (excludes halogenated alkanes) is 2. The summed E-state index contributed by atoms with van der Waals surface area (Å²) in [5.41, 5.74) is 4.01. The molecule has 2 heterocycles. The van der Waals surface area contributed by atoms with E-state index in [0.29, 0.717) is 13.1 Å². The first-order valence-electron chi connectivity index (χ1n) is 10.6. The van der Waals surface area contributed by atoms with E-state index in [2.05, 4.69) is 32.5 Å². The summed E-state index contributed by atoms with van der Waals surface area (Å²) in [5, 5.41) is 17.8. The second-order valence-corrected chi connectivity index (χ2v) is 6.83. The highest BCUT2D eigenvalue weighted by molar-refractivity contribution is 5.95. The van der Waals surface area contributed by atoms with Gasteiger partial charge < -0.3 is 16.0 Å². The van der Waals surface area contributed by atoms with Crippen LogP contribution in [0.1, 0.15) is 61.1 Å². The molecule has 1 aromatic heterocycles. The van der Waals surface area contributed by atoms with Crippen LogP contribution in [-0.2, 0) is 13.0 Å². The molecule has 7 heteroatoms. The molecule has 1 aliphatic rings. The van der Waals surface area contributed by atoms with E-state index in [1.54, 1.807) is 4.68 Å². The van der Waals surface area contributed by atoms with E-state index in [-0.39, 0.29) is 5.91 Å². The molecule has 7 nitrogen and oxygen atoms in total. The third-order valence-electron chi connectivity index (χ3n) is 4.68. The quantitative estimate of drug-likeness (QED) is 0.536. The highest BCUT2D eigenvalue weighted by atomic mass is 16.1. The van der Waals surface area contributed by atoms with Gasteiger partial charge in [0.05, 0.1) is 18.9 Å². The van der Waals surface area contributed by atoms with Crippen LogP contribution in [0, 0.1) is 6.92 Å². The van der Waals surface area contributed by atoms with Crippen molar-refractivity contribution in [3.8, 4) is 0 Å². The summed E-state index contributed by atoms with van der Waals surface area (Å²) >= 11 is 0. The van der Waals surface area contributed by atoms with Gasteiger partial charge >= 0.3 is 0 Å². The third-order valence-corrected chi connectivity index (χ3v) is 4.68. The zero-order valence-corrected chi connectivity index (χ0v) is 17.9. The normalized spacial score (nSPS) is 12.3. The lowest BCUT2D eigenvalue weighted by atomic mass is 10.1. The highest BCUT2D eigenvalue weighted by Gasteiger charge is 2.08. The van der Waals surface area contributed by atoms with Crippen molar-refractivity contribution < 1.29 is 4.79 Å². The van der Waals surface area contributed by atoms with Crippen LogP contribution < -0.4 is 16.0 Å². The largest absolute Gasteiger partial charge is 0.372 e. The van der Waals surface area contributed by atoms with E-state index >= 15 is 0 Å². The summed E-state index contributed by atoms with van der Waals surface area (Å²) in [6.07, 6.45) is 9.55. The minimum atomic E-state index is -0.0458. The molecule has 0 saturated heterocycles. The van der Waals surface area contributed by atoms with Crippen LogP contribution >= 0.6 is 0 Å². The van der Waals surface area contributed by atoms with E-state index in [1.165, 1.54) is 18.5 Å². The Hall–Kier alpha value is -2.83. The Morgan fingerprint density at radius 3 is 2.72 bits per heavy atom. The van der Waals surface area contributed by atoms with Gasteiger partial charge in [-0.05, 0) is 44.2 Å². The maximum atomic E-state index is 12.2. The first-order valence-corrected chi connectivity index (χ1v) is 10.6. The van der Waals surface area contributed by atoms with Crippen molar-refractivity contribution in [2.45, 2.75) is 59.4 Å². The van der Waals surface area contributed by atoms with Crippen LogP contribution in [0.4, 0.5) is 0 Å². The first-order chi connectivity index (χ1) is 14.2. The molecule has 3 rings (SSSR count). The lowest BCUT2D eigenvalue weighted by molar-refractivity contribution is 0.0951. The molecule has 0 radical (unpaired) electrons. The molecule has 1 aliphatic heterocycles. The molecule has 0 saturated carbocycles. The van der Waals surface area contributed by atoms with Gasteiger partial charge in [0, 0.05) is 30.2 Å². The average molecular weight is 399 g/mol. The number of hydrogen-bond acceptors (Lipinski definition) is 5. The Balaban J connectivity index is 0.00000145. The molecule has 29 heavy (non-hydrogen) atoms. The van der Waals surface area contributed by atoms with Gasteiger partial charge in [0.1, 0.15) is 0 Å². The highest BCUT2D eigenvalue weighted by Crippen LogP contribution is 2.10. The standard InChI is InChI=1S/C20H28N6O.C2H6/c1-16-7-5-6-10-19(16)20(27)22-11-12-26-14-18(24-25-26)9-4-2-3-8-17-13-21-15-23-17;1-2/h5-7,10,13-14,21,23H,2-4,8-9,11-12,15H2,1H3,(H,22,27);1-2H3. The van der Waals surface area contributed by atoms with E-state index in [4.69, 9.17) is 0 Å². The number of carbonyl (C=O) groups excluding carboxylic acids is 1. The van der Waals surface area contributed by atoms with E-state index in [0.717, 1.165) is 42.8 Å². The molecule has 1 amide bonds. The summed E-state index contributed by atoms with van der Waals surface area (Å²) in [4.78, 5) is 12.2. The van der Waals surface area contributed by atoms with Gasteiger partial charge in [-0.15, -0.1) is 5.10 Å². The third kappa shape index (κ3) is 7.60. The smallest absolute Gasteiger partial charge is 0.251 e. The molecule has 0 bridgehead atoms. The number of aromatic nitrogens is 3. The predicted molar refractivity (Wildman–Crippen MR) is 116 cm³/mol. The number of aryl methyl sites for hydroxylation is 2. The minimum absolute atomic E-state index is 0.0458. The van der Waals surface area contributed by atoms with Crippen LogP contribution in [0.5, 0.6) is 0 Å². The van der Waals surface area contributed by atoms with Crippen LogP contribution in [-0.4, -0.2) is 34.1 Å². The number of amides is 1. The second-order valence-electron chi connectivity index (χ2n) is 6.83. The molecule has 0 aliphatic carbocycles. The number of nitrogens with zero attached hydrogens (tertiary/aromatic N) is 3. The number of allylic oxidation sites excluding steroid dienone is 1. The summed E-state index contributed by atoms with van der Waals surface area (Å²) in [6.45, 7) is 7.95. The van der Waals surface area contributed by atoms with Crippen LogP contribution in [0.3, 0.4) is 0 Å². The fourth-order valence-electron chi connectivity index (χ4n) is 3.12. The van der Waals surface area contributed by atoms with Gasteiger partial charge in [-0.3, -0.25) is 9.48 Å². The molecular formula is C22H34N6O. The molecule has 0 fully saturated rings. The molecule has 158 valence electrons. The zero-order valence-electron chi connectivity index (χ0n) is 17.9. The van der Waals surface area contributed by atoms with Crippen molar-refractivity contribution in [2.24, 2.45) is 0 Å². The van der Waals surface area contributed by atoms with Gasteiger partial charge in [-0.1, -0.05) is 43.7 Å². The maximum Gasteiger partial charge on any atom is 0.251 e. The topological polar surface area (TPSA) is 83.9 Å². The van der Waals surface area contributed by atoms with Crippen molar-refractivity contribution in [3.05, 3.63) is 59.2 Å². The van der Waals surface area contributed by atoms with Crippen LogP contribution in [0.25, 0.3) is 0 Å². The van der Waals surface area contributed by atoms with Crippen molar-refractivity contribution in [1.82, 2.24) is 30.9 Å². The fourth-order valence-corrected chi connectivity index (χ4v) is 3.12. The van der Waals surface area contributed by atoms with Crippen molar-refractivity contribution in [3.63, 3.8) is 0 Å².